The van der Waals surface area contributed by atoms with Crippen molar-refractivity contribution in [2.45, 2.75) is 57.1 Å². The summed E-state index contributed by atoms with van der Waals surface area (Å²) >= 11 is 0. The first-order valence-electron chi connectivity index (χ1n) is 11.1. The Morgan fingerprint density at radius 1 is 1.23 bits per heavy atom. The second kappa shape index (κ2) is 6.99. The Bertz CT molecular complexity index is 988. The van der Waals surface area contributed by atoms with Crippen molar-refractivity contribution in [2.24, 2.45) is 5.41 Å². The van der Waals surface area contributed by atoms with Crippen LogP contribution in [0.4, 0.5) is 5.69 Å². The van der Waals surface area contributed by atoms with Crippen LogP contribution in [0, 0.1) is 5.41 Å². The van der Waals surface area contributed by atoms with E-state index in [1.807, 2.05) is 19.1 Å². The van der Waals surface area contributed by atoms with Crippen molar-refractivity contribution < 1.29 is 23.8 Å². The first-order valence-corrected chi connectivity index (χ1v) is 11.1. The number of methoxy groups -OCH3 is 2. The molecular weight excluding hydrogens is 396 g/mol. The van der Waals surface area contributed by atoms with Gasteiger partial charge in [-0.15, -0.1) is 0 Å². The third kappa shape index (κ3) is 2.62. The van der Waals surface area contributed by atoms with Gasteiger partial charge in [-0.25, -0.2) is 4.79 Å². The number of carbonyl (C=O) groups excluding carboxylic acids is 2. The lowest BCUT2D eigenvalue weighted by molar-refractivity contribution is -0.161. The molecule has 0 amide bonds. The van der Waals surface area contributed by atoms with Gasteiger partial charge in [0.05, 0.1) is 25.2 Å². The molecule has 1 N–H and O–H groups in total. The van der Waals surface area contributed by atoms with Crippen molar-refractivity contribution in [2.75, 3.05) is 32.6 Å². The Balaban J connectivity index is 1.76. The second-order valence-electron chi connectivity index (χ2n) is 9.31. The summed E-state index contributed by atoms with van der Waals surface area (Å²) in [6.45, 7) is 5.42. The Labute approximate surface area is 182 Å². The minimum atomic E-state index is -0.351. The summed E-state index contributed by atoms with van der Waals surface area (Å²) in [5.74, 6) is 0.188. The van der Waals surface area contributed by atoms with E-state index in [-0.39, 0.29) is 34.9 Å². The van der Waals surface area contributed by atoms with Crippen molar-refractivity contribution in [1.29, 1.82) is 0 Å². The Kier molecular flexibility index (Phi) is 4.59. The standard InChI is InChI=1S/C24H30N2O5/c1-14(31-15(2)27)23-8-5-10-26-11-9-24(22(23)26)18-7-6-16(29-3)12-19(18)25-20(24)17(13-23)21(28)30-4/h6-7,12,14,22,25H,5,8-11,13H2,1-4H3/t14-,22-,23-,24-/m0/s1. The number of carbonyl (C=O) groups is 2. The highest BCUT2D eigenvalue weighted by Gasteiger charge is 2.68. The molecule has 1 aliphatic carbocycles. The van der Waals surface area contributed by atoms with E-state index in [1.165, 1.54) is 19.6 Å². The largest absolute Gasteiger partial charge is 0.497 e. The number of hydrogen-bond donors (Lipinski definition) is 1. The Hall–Kier alpha value is -2.54. The van der Waals surface area contributed by atoms with Gasteiger partial charge in [0, 0.05) is 35.8 Å². The van der Waals surface area contributed by atoms with Gasteiger partial charge in [-0.05, 0) is 57.3 Å². The van der Waals surface area contributed by atoms with Gasteiger partial charge in [-0.3, -0.25) is 9.69 Å². The van der Waals surface area contributed by atoms with Gasteiger partial charge < -0.3 is 19.5 Å². The quantitative estimate of drug-likeness (QED) is 0.742. The van der Waals surface area contributed by atoms with E-state index in [0.29, 0.717) is 12.0 Å². The predicted octanol–water partition coefficient (Wildman–Crippen LogP) is 3.00. The molecule has 0 bridgehead atoms. The number of piperidine rings is 1. The fourth-order valence-electron chi connectivity index (χ4n) is 6.99. The van der Waals surface area contributed by atoms with E-state index >= 15 is 0 Å². The number of nitrogens with zero attached hydrogens (tertiary/aromatic N) is 1. The van der Waals surface area contributed by atoms with Crippen molar-refractivity contribution in [1.82, 2.24) is 4.90 Å². The van der Waals surface area contributed by atoms with E-state index < -0.39 is 0 Å². The summed E-state index contributed by atoms with van der Waals surface area (Å²) in [4.78, 5) is 27.6. The maximum absolute atomic E-state index is 13.1. The molecule has 2 fully saturated rings. The molecule has 3 aliphatic heterocycles. The first kappa shape index (κ1) is 20.4. The number of hydrogen-bond acceptors (Lipinski definition) is 7. The molecule has 1 aromatic rings. The molecular formula is C24H30N2O5. The lowest BCUT2D eigenvalue weighted by Crippen LogP contribution is -2.64. The first-order chi connectivity index (χ1) is 14.9. The smallest absolute Gasteiger partial charge is 0.335 e. The summed E-state index contributed by atoms with van der Waals surface area (Å²) < 4.78 is 16.5. The van der Waals surface area contributed by atoms with Crippen molar-refractivity contribution in [3.8, 4) is 5.75 Å². The molecule has 0 aromatic heterocycles. The van der Waals surface area contributed by atoms with Crippen LogP contribution in [-0.4, -0.2) is 56.3 Å². The lowest BCUT2D eigenvalue weighted by atomic mass is 9.53. The van der Waals surface area contributed by atoms with Gasteiger partial charge in [0.15, 0.2) is 0 Å². The van der Waals surface area contributed by atoms with Crippen molar-refractivity contribution >= 4 is 17.6 Å². The van der Waals surface area contributed by atoms with Crippen LogP contribution in [0.3, 0.4) is 0 Å². The van der Waals surface area contributed by atoms with E-state index in [1.54, 1.807) is 7.11 Å². The average Bonchev–Trinajstić information content (AvgIpc) is 3.31. The molecule has 0 radical (unpaired) electrons. The number of esters is 2. The fourth-order valence-corrected chi connectivity index (χ4v) is 6.99. The highest BCUT2D eigenvalue weighted by molar-refractivity contribution is 5.93. The molecule has 2 saturated heterocycles. The summed E-state index contributed by atoms with van der Waals surface area (Å²) in [5, 5.41) is 3.59. The van der Waals surface area contributed by atoms with Crippen LogP contribution < -0.4 is 10.1 Å². The van der Waals surface area contributed by atoms with Crippen LogP contribution in [0.25, 0.3) is 0 Å². The minimum absolute atomic E-state index is 0.147. The number of nitrogens with one attached hydrogen (secondary N) is 1. The molecule has 0 saturated carbocycles. The average molecular weight is 427 g/mol. The van der Waals surface area contributed by atoms with Crippen LogP contribution in [0.1, 0.15) is 45.1 Å². The van der Waals surface area contributed by atoms with E-state index in [2.05, 4.69) is 16.3 Å². The zero-order valence-electron chi connectivity index (χ0n) is 18.6. The molecule has 5 rings (SSSR count). The van der Waals surface area contributed by atoms with Gasteiger partial charge in [-0.2, -0.15) is 0 Å². The van der Waals surface area contributed by atoms with Crippen LogP contribution >= 0.6 is 0 Å². The summed E-state index contributed by atoms with van der Waals surface area (Å²) in [6, 6.07) is 6.28. The van der Waals surface area contributed by atoms with Gasteiger partial charge in [-0.1, -0.05) is 6.07 Å². The van der Waals surface area contributed by atoms with Gasteiger partial charge in [0.2, 0.25) is 0 Å². The molecule has 31 heavy (non-hydrogen) atoms. The summed E-state index contributed by atoms with van der Waals surface area (Å²) in [7, 11) is 3.09. The van der Waals surface area contributed by atoms with Crippen molar-refractivity contribution in [3.63, 3.8) is 0 Å². The summed E-state index contributed by atoms with van der Waals surface area (Å²) in [6.07, 6.45) is 3.06. The molecule has 7 heteroatoms. The molecule has 3 heterocycles. The van der Waals surface area contributed by atoms with Gasteiger partial charge >= 0.3 is 11.9 Å². The number of rotatable bonds is 4. The SMILES string of the molecule is COC(=O)C1=C2Nc3cc(OC)ccc3[C@@]23CCN2CCC[C@@]([C@H](C)OC(C)=O)(C1)[C@H]23. The monoisotopic (exact) mass is 426 g/mol. The highest BCUT2D eigenvalue weighted by atomic mass is 16.5. The van der Waals surface area contributed by atoms with E-state index in [4.69, 9.17) is 14.2 Å². The minimum Gasteiger partial charge on any atom is -0.497 e. The van der Waals surface area contributed by atoms with Gasteiger partial charge in [0.25, 0.3) is 0 Å². The summed E-state index contributed by atoms with van der Waals surface area (Å²) in [5.41, 5.74) is 3.12. The Morgan fingerprint density at radius 3 is 2.74 bits per heavy atom. The molecule has 4 aliphatic rings. The number of ether oxygens (including phenoxy) is 3. The van der Waals surface area contributed by atoms with Crippen LogP contribution in [0.2, 0.25) is 0 Å². The van der Waals surface area contributed by atoms with E-state index in [9.17, 15) is 9.59 Å². The van der Waals surface area contributed by atoms with Crippen LogP contribution in [0.5, 0.6) is 5.75 Å². The second-order valence-corrected chi connectivity index (χ2v) is 9.31. The highest BCUT2D eigenvalue weighted by Crippen LogP contribution is 2.65. The predicted molar refractivity (Wildman–Crippen MR) is 115 cm³/mol. The van der Waals surface area contributed by atoms with Gasteiger partial charge in [0.1, 0.15) is 11.9 Å². The molecule has 1 aromatic carbocycles. The normalized spacial score (nSPS) is 31.8. The molecule has 4 atom stereocenters. The number of benzene rings is 1. The van der Waals surface area contributed by atoms with E-state index in [0.717, 1.165) is 49.5 Å². The zero-order chi connectivity index (χ0) is 22.0. The topological polar surface area (TPSA) is 77.1 Å². The third-order valence-electron chi connectivity index (χ3n) is 8.06. The van der Waals surface area contributed by atoms with Crippen molar-refractivity contribution in [3.05, 3.63) is 35.0 Å². The number of anilines is 1. The Morgan fingerprint density at radius 2 is 2.03 bits per heavy atom. The van der Waals surface area contributed by atoms with Crippen LogP contribution in [0.15, 0.2) is 29.5 Å². The molecule has 0 unspecified atom stereocenters. The molecule has 7 nitrogen and oxygen atoms in total. The maximum Gasteiger partial charge on any atom is 0.335 e. The zero-order valence-corrected chi connectivity index (χ0v) is 18.6. The van der Waals surface area contributed by atoms with Crippen LogP contribution in [-0.2, 0) is 24.5 Å². The molecule has 166 valence electrons. The maximum atomic E-state index is 13.1. The third-order valence-corrected chi connectivity index (χ3v) is 8.06. The fraction of sp³-hybridized carbons (Fsp3) is 0.583. The number of fused-ring (bicyclic) bond motifs is 1. The lowest BCUT2D eigenvalue weighted by Gasteiger charge is -2.57. The molecule has 1 spiro atoms.